The van der Waals surface area contributed by atoms with Gasteiger partial charge in [0.2, 0.25) is 0 Å². The minimum atomic E-state index is 0.900. The lowest BCUT2D eigenvalue weighted by Crippen LogP contribution is -1.97. The van der Waals surface area contributed by atoms with Crippen molar-refractivity contribution in [2.45, 2.75) is 41.5 Å². The van der Waals surface area contributed by atoms with Gasteiger partial charge in [0.15, 0.2) is 0 Å². The van der Waals surface area contributed by atoms with Crippen LogP contribution in [0.15, 0.2) is 120 Å². The minimum absolute atomic E-state index is 0.900. The first-order chi connectivity index (χ1) is 13.7. The van der Waals surface area contributed by atoms with Crippen LogP contribution >= 0.6 is 0 Å². The molecule has 0 aliphatic carbocycles. The van der Waals surface area contributed by atoms with Gasteiger partial charge in [-0.2, -0.15) is 0 Å². The molecule has 1 aromatic carbocycles. The molecular weight excluding hydrogens is 350 g/mol. The van der Waals surface area contributed by atoms with Gasteiger partial charge in [0.1, 0.15) is 0 Å². The lowest BCUT2D eigenvalue weighted by Gasteiger charge is -2.09. The number of rotatable bonds is 9. The van der Waals surface area contributed by atoms with Gasteiger partial charge in [-0.3, -0.25) is 0 Å². The smallest absolute Gasteiger partial charge is 0.0411 e. The molecule has 0 unspecified atom stereocenters. The summed E-state index contributed by atoms with van der Waals surface area (Å²) in [5.41, 5.74) is 8.94. The summed E-state index contributed by atoms with van der Waals surface area (Å²) < 4.78 is 0. The van der Waals surface area contributed by atoms with E-state index in [9.17, 15) is 0 Å². The fraction of sp³-hybridized carbons (Fsp3) is 0.214. The SMILES string of the molecule is C=C(/C=C\C=C(/C)C=C(C)C)C(=C)\C=C/C=C(C)/C=C(\C)Nc1ccccc1C. The van der Waals surface area contributed by atoms with E-state index in [4.69, 9.17) is 0 Å². The summed E-state index contributed by atoms with van der Waals surface area (Å²) in [6, 6.07) is 8.28. The number of hydrogen-bond acceptors (Lipinski definition) is 1. The third kappa shape index (κ3) is 10.2. The first-order valence-corrected chi connectivity index (χ1v) is 9.93. The van der Waals surface area contributed by atoms with Crippen LogP contribution in [0.1, 0.15) is 40.2 Å². The highest BCUT2D eigenvalue weighted by atomic mass is 14.9. The zero-order valence-electron chi connectivity index (χ0n) is 18.8. The Morgan fingerprint density at radius 3 is 1.83 bits per heavy atom. The highest BCUT2D eigenvalue weighted by Crippen LogP contribution is 2.16. The summed E-state index contributed by atoms with van der Waals surface area (Å²) in [7, 11) is 0. The van der Waals surface area contributed by atoms with Gasteiger partial charge in [-0.15, -0.1) is 0 Å². The molecule has 1 aromatic rings. The van der Waals surface area contributed by atoms with E-state index in [1.807, 2.05) is 36.4 Å². The molecule has 1 N–H and O–H groups in total. The highest BCUT2D eigenvalue weighted by molar-refractivity contribution is 5.54. The molecule has 0 aliphatic rings. The Bertz CT molecular complexity index is 907. The molecule has 0 saturated heterocycles. The number of aryl methyl sites for hydroxylation is 1. The maximum absolute atomic E-state index is 4.10. The Balaban J connectivity index is 2.66. The molecule has 0 heterocycles. The maximum Gasteiger partial charge on any atom is 0.0411 e. The molecule has 1 heteroatoms. The molecule has 1 nitrogen and oxygen atoms in total. The number of allylic oxidation sites excluding steroid dienone is 14. The van der Waals surface area contributed by atoms with Crippen molar-refractivity contribution >= 4 is 5.69 Å². The van der Waals surface area contributed by atoms with Crippen LogP contribution in [0.25, 0.3) is 0 Å². The Kier molecular flexibility index (Phi) is 10.3. The normalized spacial score (nSPS) is 13.1. The van der Waals surface area contributed by atoms with Crippen LogP contribution in [0.3, 0.4) is 0 Å². The summed E-state index contributed by atoms with van der Waals surface area (Å²) in [4.78, 5) is 0. The van der Waals surface area contributed by atoms with Crippen molar-refractivity contribution in [3.05, 3.63) is 125 Å². The van der Waals surface area contributed by atoms with Gasteiger partial charge in [-0.1, -0.05) is 85.0 Å². The average molecular weight is 386 g/mol. The number of para-hydroxylation sites is 1. The van der Waals surface area contributed by atoms with Gasteiger partial charge in [0, 0.05) is 11.4 Å². The molecule has 0 aliphatic heterocycles. The predicted molar refractivity (Wildman–Crippen MR) is 132 cm³/mol. The van der Waals surface area contributed by atoms with E-state index in [2.05, 4.69) is 96.5 Å². The molecule has 0 atom stereocenters. The monoisotopic (exact) mass is 385 g/mol. The van der Waals surface area contributed by atoms with Crippen LogP contribution in [0.4, 0.5) is 5.69 Å². The van der Waals surface area contributed by atoms with E-state index in [1.54, 1.807) is 0 Å². The van der Waals surface area contributed by atoms with Crippen molar-refractivity contribution in [3.8, 4) is 0 Å². The molecule has 0 spiro atoms. The Morgan fingerprint density at radius 1 is 0.793 bits per heavy atom. The van der Waals surface area contributed by atoms with Crippen LogP contribution in [-0.2, 0) is 0 Å². The molecule has 29 heavy (non-hydrogen) atoms. The molecule has 0 aromatic heterocycles. The van der Waals surface area contributed by atoms with Crippen molar-refractivity contribution in [1.82, 2.24) is 0 Å². The summed E-state index contributed by atoms with van der Waals surface area (Å²) in [5.74, 6) is 0. The largest absolute Gasteiger partial charge is 0.359 e. The second-order valence-electron chi connectivity index (χ2n) is 7.58. The van der Waals surface area contributed by atoms with Crippen LogP contribution < -0.4 is 5.32 Å². The van der Waals surface area contributed by atoms with Gasteiger partial charge >= 0.3 is 0 Å². The van der Waals surface area contributed by atoms with Gasteiger partial charge < -0.3 is 5.32 Å². The lowest BCUT2D eigenvalue weighted by atomic mass is 10.1. The quantitative estimate of drug-likeness (QED) is 0.421. The first-order valence-electron chi connectivity index (χ1n) is 9.93. The molecule has 0 bridgehead atoms. The molecule has 0 saturated carbocycles. The molecule has 0 amide bonds. The van der Waals surface area contributed by atoms with E-state index in [1.165, 1.54) is 16.7 Å². The van der Waals surface area contributed by atoms with E-state index >= 15 is 0 Å². The molecule has 152 valence electrons. The number of benzene rings is 1. The van der Waals surface area contributed by atoms with Crippen LogP contribution in [0, 0.1) is 6.92 Å². The topological polar surface area (TPSA) is 12.0 Å². The number of anilines is 1. The highest BCUT2D eigenvalue weighted by Gasteiger charge is 1.96. The Hall–Kier alpha value is -3.06. The average Bonchev–Trinajstić information content (AvgIpc) is 2.62. The van der Waals surface area contributed by atoms with Crippen molar-refractivity contribution < 1.29 is 0 Å². The maximum atomic E-state index is 4.10. The van der Waals surface area contributed by atoms with Crippen molar-refractivity contribution in [1.29, 1.82) is 0 Å². The zero-order valence-corrected chi connectivity index (χ0v) is 18.8. The lowest BCUT2D eigenvalue weighted by molar-refractivity contribution is 1.31. The fourth-order valence-electron chi connectivity index (χ4n) is 2.70. The van der Waals surface area contributed by atoms with Crippen LogP contribution in [-0.4, -0.2) is 0 Å². The summed E-state index contributed by atoms with van der Waals surface area (Å²) >= 11 is 0. The van der Waals surface area contributed by atoms with E-state index < -0.39 is 0 Å². The summed E-state index contributed by atoms with van der Waals surface area (Å²) in [6.45, 7) is 20.7. The van der Waals surface area contributed by atoms with Gasteiger partial charge in [0.05, 0.1) is 0 Å². The summed E-state index contributed by atoms with van der Waals surface area (Å²) in [6.07, 6.45) is 16.4. The van der Waals surface area contributed by atoms with Gasteiger partial charge in [0.25, 0.3) is 0 Å². The van der Waals surface area contributed by atoms with Crippen molar-refractivity contribution in [2.24, 2.45) is 0 Å². The third-order valence-electron chi connectivity index (χ3n) is 4.16. The van der Waals surface area contributed by atoms with E-state index in [-0.39, 0.29) is 0 Å². The number of hydrogen-bond donors (Lipinski definition) is 1. The minimum Gasteiger partial charge on any atom is -0.359 e. The zero-order chi connectivity index (χ0) is 21.8. The van der Waals surface area contributed by atoms with Crippen LogP contribution in [0.5, 0.6) is 0 Å². The van der Waals surface area contributed by atoms with Gasteiger partial charge in [-0.05, 0) is 76.0 Å². The third-order valence-corrected chi connectivity index (χ3v) is 4.16. The second kappa shape index (κ2) is 12.4. The molecule has 0 radical (unpaired) electrons. The van der Waals surface area contributed by atoms with E-state index in [0.717, 1.165) is 28.1 Å². The predicted octanol–water partition coefficient (Wildman–Crippen LogP) is 8.39. The van der Waals surface area contributed by atoms with Crippen LogP contribution in [0.2, 0.25) is 0 Å². The van der Waals surface area contributed by atoms with Crippen molar-refractivity contribution in [2.75, 3.05) is 5.32 Å². The Morgan fingerprint density at radius 2 is 1.31 bits per heavy atom. The molecular formula is C28H35N. The second-order valence-corrected chi connectivity index (χ2v) is 7.58. The Labute approximate surface area is 177 Å². The van der Waals surface area contributed by atoms with E-state index in [0.29, 0.717) is 0 Å². The van der Waals surface area contributed by atoms with Gasteiger partial charge in [-0.25, -0.2) is 0 Å². The summed E-state index contributed by atoms with van der Waals surface area (Å²) in [5, 5.41) is 3.45. The first kappa shape index (κ1) is 24.0. The molecule has 1 rings (SSSR count). The standard InChI is InChI=1S/C28H35N/c1-21(2)19-22(3)13-11-16-24(5)25(6)17-12-14-23(4)20-27(8)29-28-18-10-9-15-26(28)7/h9-20,29H,5-6H2,1-4,7-8H3/b16-11-,17-12-,22-13+,23-14+,27-20+. The van der Waals surface area contributed by atoms with Crippen molar-refractivity contribution in [3.63, 3.8) is 0 Å². The fourth-order valence-corrected chi connectivity index (χ4v) is 2.70. The molecule has 0 fully saturated rings. The number of nitrogens with one attached hydrogen (secondary N) is 1.